The summed E-state index contributed by atoms with van der Waals surface area (Å²) in [7, 11) is 2.07. The number of allylic oxidation sites excluding steroid dienone is 2. The van der Waals surface area contributed by atoms with Gasteiger partial charge in [0.05, 0.1) is 41.0 Å². The normalized spacial score (nSPS) is 34.1. The maximum atomic E-state index is 13.0. The number of alkyl halides is 3. The van der Waals surface area contributed by atoms with E-state index >= 15 is 0 Å². The van der Waals surface area contributed by atoms with E-state index in [9.17, 15) is 23.4 Å². The van der Waals surface area contributed by atoms with Gasteiger partial charge in [-0.15, -0.1) is 0 Å². The van der Waals surface area contributed by atoms with E-state index in [2.05, 4.69) is 32.2 Å². The Kier molecular flexibility index (Phi) is 6.67. The van der Waals surface area contributed by atoms with Crippen molar-refractivity contribution in [2.45, 2.75) is 74.7 Å². The van der Waals surface area contributed by atoms with E-state index in [-0.39, 0.29) is 18.0 Å². The van der Waals surface area contributed by atoms with Gasteiger partial charge < -0.3 is 30.7 Å². The molecule has 0 amide bonds. The van der Waals surface area contributed by atoms with Gasteiger partial charge in [-0.2, -0.15) is 13.2 Å². The molecule has 0 radical (unpaired) electrons. The lowest BCUT2D eigenvalue weighted by molar-refractivity contribution is -0.0887. The molecule has 5 N–H and O–H groups in total. The van der Waals surface area contributed by atoms with Gasteiger partial charge in [0.15, 0.2) is 0 Å². The van der Waals surface area contributed by atoms with E-state index in [0.29, 0.717) is 36.4 Å². The zero-order valence-corrected chi connectivity index (χ0v) is 21.7. The summed E-state index contributed by atoms with van der Waals surface area (Å²) < 4.78 is 40.9. The number of rotatable bonds is 7. The summed E-state index contributed by atoms with van der Waals surface area (Å²) >= 11 is 0. The number of amidine groups is 1. The molecule has 3 heterocycles. The van der Waals surface area contributed by atoms with Crippen LogP contribution in [0.5, 0.6) is 0 Å². The Morgan fingerprint density at radius 3 is 2.74 bits per heavy atom. The minimum absolute atomic E-state index is 0.0752. The summed E-state index contributed by atoms with van der Waals surface area (Å²) in [5.74, 6) is 1.63. The second kappa shape index (κ2) is 9.90. The average Bonchev–Trinajstić information content (AvgIpc) is 3.54. The van der Waals surface area contributed by atoms with Crippen LogP contribution in [0, 0.1) is 11.8 Å². The summed E-state index contributed by atoms with van der Waals surface area (Å²) in [5, 5.41) is 25.7. The van der Waals surface area contributed by atoms with Gasteiger partial charge in [-0.3, -0.25) is 4.99 Å². The van der Waals surface area contributed by atoms with Gasteiger partial charge in [-0.1, -0.05) is 12.2 Å². The minimum atomic E-state index is -4.35. The second-order valence-corrected chi connectivity index (χ2v) is 11.4. The molecule has 12 heteroatoms. The highest BCUT2D eigenvalue weighted by molar-refractivity contribution is 5.86. The van der Waals surface area contributed by atoms with E-state index in [0.717, 1.165) is 43.0 Å². The third-order valence-corrected chi connectivity index (χ3v) is 8.98. The zero-order valence-electron chi connectivity index (χ0n) is 21.7. The Hall–Kier alpha value is -2.96. The van der Waals surface area contributed by atoms with Crippen molar-refractivity contribution in [3.8, 4) is 0 Å². The highest BCUT2D eigenvalue weighted by atomic mass is 19.4. The summed E-state index contributed by atoms with van der Waals surface area (Å²) in [6, 6.07) is 1.26. The number of nitrogen functional groups attached to an aromatic ring is 1. The molecule has 4 aliphatic rings. The predicted molar refractivity (Wildman–Crippen MR) is 141 cm³/mol. The van der Waals surface area contributed by atoms with Crippen LogP contribution in [0.4, 0.5) is 19.0 Å². The van der Waals surface area contributed by atoms with Crippen LogP contribution in [0.3, 0.4) is 0 Å². The average molecular weight is 546 g/mol. The summed E-state index contributed by atoms with van der Waals surface area (Å²) in [6.07, 6.45) is 5.42. The van der Waals surface area contributed by atoms with Crippen molar-refractivity contribution in [3.05, 3.63) is 42.4 Å². The Balaban J connectivity index is 0.985. The van der Waals surface area contributed by atoms with Crippen LogP contribution in [0.1, 0.15) is 38.1 Å². The molecule has 6 rings (SSSR count). The lowest BCUT2D eigenvalue weighted by Crippen LogP contribution is -2.46. The molecule has 6 atom stereocenters. The maximum Gasteiger partial charge on any atom is 0.416 e. The van der Waals surface area contributed by atoms with Crippen molar-refractivity contribution in [2.24, 2.45) is 16.8 Å². The zero-order chi connectivity index (χ0) is 27.5. The number of aliphatic hydroxyl groups is 2. The Bertz CT molecular complexity index is 1320. The van der Waals surface area contributed by atoms with Crippen molar-refractivity contribution in [3.63, 3.8) is 0 Å². The first kappa shape index (κ1) is 26.3. The number of aromatic nitrogens is 3. The number of aliphatic hydroxyl groups excluding tert-OH is 2. The Morgan fingerprint density at radius 1 is 1.18 bits per heavy atom. The van der Waals surface area contributed by atoms with Crippen LogP contribution in [-0.2, 0) is 0 Å². The number of hydrogen-bond acceptors (Lipinski definition) is 8. The van der Waals surface area contributed by atoms with E-state index in [4.69, 9.17) is 5.73 Å². The summed E-state index contributed by atoms with van der Waals surface area (Å²) in [5.41, 5.74) is 5.98. The highest BCUT2D eigenvalue weighted by Gasteiger charge is 2.44. The fourth-order valence-corrected chi connectivity index (χ4v) is 6.62. The van der Waals surface area contributed by atoms with Crippen LogP contribution in [0.2, 0.25) is 0 Å². The molecule has 3 aliphatic carbocycles. The van der Waals surface area contributed by atoms with E-state index in [1.165, 1.54) is 12.4 Å². The topological polar surface area (TPSA) is 125 Å². The molecule has 0 aromatic carbocycles. The monoisotopic (exact) mass is 545 g/mol. The van der Waals surface area contributed by atoms with Crippen molar-refractivity contribution in [1.29, 1.82) is 0 Å². The fourth-order valence-electron chi connectivity index (χ4n) is 6.62. The standard InChI is InChI=1S/C27H34F3N7O2/c1-36(12-15-10-21(24(39)23(15)38)37-7-6-18-25(31)32-13-33-26(18)37)17-8-14(9-17)2-5-22-34-19-4-3-16(27(28,29)30)11-20(19)35-22/h3-4,6-7,11,13-15,17,19-21,23-24,38-39H,2,5,8-10,12H2,1H3,(H,34,35)(H2,31,32,33)/t14-,15-,17+,19?,20?,21-,23-,24+/m1/s1. The van der Waals surface area contributed by atoms with Gasteiger partial charge in [0.1, 0.15) is 23.9 Å². The number of aliphatic imine (C=N–C) groups is 1. The molecule has 2 fully saturated rings. The van der Waals surface area contributed by atoms with Crippen LogP contribution in [-0.4, -0.2) is 85.6 Å². The first-order valence-corrected chi connectivity index (χ1v) is 13.5. The number of anilines is 1. The number of fused-ring (bicyclic) bond motifs is 2. The lowest BCUT2D eigenvalue weighted by atomic mass is 9.76. The first-order valence-electron chi connectivity index (χ1n) is 13.5. The molecule has 1 aliphatic heterocycles. The molecular formula is C27H34F3N7O2. The van der Waals surface area contributed by atoms with Gasteiger partial charge in [-0.25, -0.2) is 9.97 Å². The molecule has 210 valence electrons. The Morgan fingerprint density at radius 2 is 1.97 bits per heavy atom. The third-order valence-electron chi connectivity index (χ3n) is 8.98. The molecule has 0 spiro atoms. The maximum absolute atomic E-state index is 13.0. The first-order chi connectivity index (χ1) is 18.6. The van der Waals surface area contributed by atoms with Crippen molar-refractivity contribution >= 4 is 22.7 Å². The third kappa shape index (κ3) is 4.93. The summed E-state index contributed by atoms with van der Waals surface area (Å²) in [6.45, 7) is 0.681. The second-order valence-electron chi connectivity index (χ2n) is 11.4. The van der Waals surface area contributed by atoms with Crippen LogP contribution < -0.4 is 11.1 Å². The van der Waals surface area contributed by atoms with E-state index in [1.807, 2.05) is 16.8 Å². The van der Waals surface area contributed by atoms with E-state index < -0.39 is 30.0 Å². The molecular weight excluding hydrogens is 511 g/mol. The SMILES string of the molecule is CN(C[C@H]1C[C@@H](n2ccc3c(N)ncnc32)[C@H](O)[C@@H]1O)[C@H]1C[C@@H](CCC2=NC3C=C(C(F)(F)F)C=CC3N2)C1. The highest BCUT2D eigenvalue weighted by Crippen LogP contribution is 2.40. The van der Waals surface area contributed by atoms with Crippen molar-refractivity contribution in [2.75, 3.05) is 19.3 Å². The van der Waals surface area contributed by atoms with E-state index in [1.54, 1.807) is 6.08 Å². The minimum Gasteiger partial charge on any atom is -0.390 e. The largest absolute Gasteiger partial charge is 0.416 e. The van der Waals surface area contributed by atoms with Crippen LogP contribution >= 0.6 is 0 Å². The number of nitrogens with one attached hydrogen (secondary N) is 1. The Labute approximate surface area is 224 Å². The molecule has 2 aromatic heterocycles. The number of hydrogen-bond donors (Lipinski definition) is 4. The molecule has 9 nitrogen and oxygen atoms in total. The van der Waals surface area contributed by atoms with Gasteiger partial charge >= 0.3 is 6.18 Å². The smallest absolute Gasteiger partial charge is 0.390 e. The molecule has 2 aromatic rings. The van der Waals surface area contributed by atoms with Gasteiger partial charge in [0.25, 0.3) is 0 Å². The van der Waals surface area contributed by atoms with Crippen LogP contribution in [0.25, 0.3) is 11.0 Å². The summed E-state index contributed by atoms with van der Waals surface area (Å²) in [4.78, 5) is 15.1. The molecule has 2 unspecified atom stereocenters. The number of nitrogens with two attached hydrogens (primary N) is 1. The fraction of sp³-hybridized carbons (Fsp3) is 0.593. The quantitative estimate of drug-likeness (QED) is 0.422. The van der Waals surface area contributed by atoms with Gasteiger partial charge in [-0.05, 0) is 50.8 Å². The van der Waals surface area contributed by atoms with Crippen molar-refractivity contribution < 1.29 is 23.4 Å². The molecule has 0 bridgehead atoms. The van der Waals surface area contributed by atoms with Gasteiger partial charge in [0.2, 0.25) is 0 Å². The lowest BCUT2D eigenvalue weighted by Gasteiger charge is -2.42. The molecule has 39 heavy (non-hydrogen) atoms. The number of halogens is 3. The number of nitrogens with zero attached hydrogens (tertiary/aromatic N) is 5. The molecule has 2 saturated carbocycles. The van der Waals surface area contributed by atoms with Gasteiger partial charge in [0, 0.05) is 31.1 Å². The van der Waals surface area contributed by atoms with Crippen molar-refractivity contribution in [1.82, 2.24) is 24.8 Å². The molecule has 0 saturated heterocycles. The predicted octanol–water partition coefficient (Wildman–Crippen LogP) is 2.58. The van der Waals surface area contributed by atoms with Crippen LogP contribution in [0.15, 0.2) is 47.4 Å².